The van der Waals surface area contributed by atoms with E-state index in [1.54, 1.807) is 0 Å². The quantitative estimate of drug-likeness (QED) is 0.815. The summed E-state index contributed by atoms with van der Waals surface area (Å²) in [6.45, 7) is 4.17. The Morgan fingerprint density at radius 2 is 1.82 bits per heavy atom. The molecular formula is C16H22F3NOS. The van der Waals surface area contributed by atoms with Crippen molar-refractivity contribution in [1.82, 2.24) is 4.90 Å². The molecule has 2 nitrogen and oxygen atoms in total. The molecule has 22 heavy (non-hydrogen) atoms. The number of benzene rings is 1. The highest BCUT2D eigenvalue weighted by molar-refractivity contribution is 7.99. The van der Waals surface area contributed by atoms with Crippen LogP contribution in [0.15, 0.2) is 29.2 Å². The summed E-state index contributed by atoms with van der Waals surface area (Å²) in [5.41, 5.74) is 1.05. The topological polar surface area (TPSA) is 23.5 Å². The minimum Gasteiger partial charge on any atom is -0.383 e. The Kier molecular flexibility index (Phi) is 6.17. The van der Waals surface area contributed by atoms with Gasteiger partial charge in [-0.05, 0) is 44.5 Å². The second kappa shape index (κ2) is 7.70. The number of hydrogen-bond acceptors (Lipinski definition) is 3. The van der Waals surface area contributed by atoms with Crippen molar-refractivity contribution in [2.24, 2.45) is 0 Å². The maximum Gasteiger partial charge on any atom is 0.415 e. The van der Waals surface area contributed by atoms with Crippen LogP contribution < -0.4 is 0 Å². The molecule has 0 amide bonds. The number of likely N-dealkylation sites (tertiary alicyclic amines) is 1. The van der Waals surface area contributed by atoms with E-state index in [9.17, 15) is 13.2 Å². The molecule has 6 heteroatoms. The minimum atomic E-state index is -4.56. The van der Waals surface area contributed by atoms with E-state index in [1.807, 2.05) is 24.3 Å². The summed E-state index contributed by atoms with van der Waals surface area (Å²) in [6, 6.07) is 7.74. The lowest BCUT2D eigenvalue weighted by molar-refractivity contribution is -0.195. The molecule has 1 aromatic carbocycles. The number of rotatable bonds is 5. The molecule has 0 aromatic heterocycles. The van der Waals surface area contributed by atoms with E-state index in [-0.39, 0.29) is 11.8 Å². The summed E-state index contributed by atoms with van der Waals surface area (Å²) in [4.78, 5) is 3.20. The predicted molar refractivity (Wildman–Crippen MR) is 83.1 cm³/mol. The van der Waals surface area contributed by atoms with Crippen LogP contribution in [0.1, 0.15) is 37.8 Å². The number of piperidine rings is 1. The van der Waals surface area contributed by atoms with Crippen molar-refractivity contribution in [1.29, 1.82) is 0 Å². The van der Waals surface area contributed by atoms with Gasteiger partial charge in [-0.3, -0.25) is 4.90 Å². The van der Waals surface area contributed by atoms with Crippen molar-refractivity contribution < 1.29 is 18.3 Å². The van der Waals surface area contributed by atoms with Gasteiger partial charge in [-0.1, -0.05) is 24.6 Å². The highest BCUT2D eigenvalue weighted by atomic mass is 32.2. The van der Waals surface area contributed by atoms with Gasteiger partial charge in [0.15, 0.2) is 6.10 Å². The summed E-state index contributed by atoms with van der Waals surface area (Å²) < 4.78 is 37.3. The molecule has 1 aliphatic rings. The molecule has 0 spiro atoms. The Morgan fingerprint density at radius 1 is 1.18 bits per heavy atom. The maximum atomic E-state index is 12.4. The van der Waals surface area contributed by atoms with Crippen LogP contribution in [0.2, 0.25) is 0 Å². The lowest BCUT2D eigenvalue weighted by atomic mass is 10.0. The number of nitrogens with zero attached hydrogens (tertiary/aromatic N) is 1. The Hall–Kier alpha value is -0.720. The number of halogens is 3. The van der Waals surface area contributed by atoms with E-state index in [0.717, 1.165) is 35.3 Å². The van der Waals surface area contributed by atoms with Gasteiger partial charge in [-0.25, -0.2) is 0 Å². The van der Waals surface area contributed by atoms with Crippen LogP contribution in [-0.2, 0) is 0 Å². The van der Waals surface area contributed by atoms with Crippen LogP contribution in [0, 0.1) is 0 Å². The SMILES string of the molecule is C[C@@H](c1ccccc1SCC(O)C(F)(F)F)N1CCCCC1. The van der Waals surface area contributed by atoms with E-state index in [4.69, 9.17) is 5.11 Å². The van der Waals surface area contributed by atoms with E-state index in [1.165, 1.54) is 19.3 Å². The van der Waals surface area contributed by atoms with Gasteiger partial charge in [-0.2, -0.15) is 13.2 Å². The normalized spacial score (nSPS) is 19.9. The third-order valence-electron chi connectivity index (χ3n) is 4.08. The number of alkyl halides is 3. The molecule has 1 aliphatic heterocycles. The number of aliphatic hydroxyl groups excluding tert-OH is 1. The van der Waals surface area contributed by atoms with Gasteiger partial charge in [0.25, 0.3) is 0 Å². The Labute approximate surface area is 133 Å². The number of aliphatic hydroxyl groups is 1. The van der Waals surface area contributed by atoms with Crippen LogP contribution >= 0.6 is 11.8 Å². The first-order valence-electron chi connectivity index (χ1n) is 7.60. The Balaban J connectivity index is 2.06. The standard InChI is InChI=1S/C16H22F3NOS/c1-12(20-9-5-2-6-10-20)13-7-3-4-8-14(13)22-11-15(21)16(17,18)19/h3-4,7-8,12,15,21H,2,5-6,9-11H2,1H3/t12-,15?/m0/s1. The molecule has 1 aromatic rings. The fraction of sp³-hybridized carbons (Fsp3) is 0.625. The largest absolute Gasteiger partial charge is 0.415 e. The molecule has 2 rings (SSSR count). The minimum absolute atomic E-state index is 0.187. The second-order valence-corrected chi connectivity index (χ2v) is 6.74. The summed E-state index contributed by atoms with van der Waals surface area (Å²) in [5, 5.41) is 9.17. The highest BCUT2D eigenvalue weighted by Gasteiger charge is 2.38. The van der Waals surface area contributed by atoms with E-state index in [0.29, 0.717) is 0 Å². The van der Waals surface area contributed by atoms with E-state index >= 15 is 0 Å². The van der Waals surface area contributed by atoms with Gasteiger partial charge in [0.1, 0.15) is 0 Å². The fourth-order valence-corrected chi connectivity index (χ4v) is 3.83. The smallest absolute Gasteiger partial charge is 0.383 e. The summed E-state index contributed by atoms with van der Waals surface area (Å²) >= 11 is 1.08. The molecule has 1 saturated heterocycles. The van der Waals surface area contributed by atoms with Gasteiger partial charge >= 0.3 is 6.18 Å². The summed E-state index contributed by atoms with van der Waals surface area (Å²) in [6.07, 6.45) is -3.24. The fourth-order valence-electron chi connectivity index (χ4n) is 2.72. The number of thioether (sulfide) groups is 1. The molecule has 1 unspecified atom stereocenters. The van der Waals surface area contributed by atoms with Gasteiger partial charge in [0.05, 0.1) is 0 Å². The molecule has 1 heterocycles. The van der Waals surface area contributed by atoms with Crippen molar-refractivity contribution in [2.45, 2.75) is 49.4 Å². The van der Waals surface area contributed by atoms with Crippen LogP contribution in [-0.4, -0.2) is 41.1 Å². The van der Waals surface area contributed by atoms with E-state index < -0.39 is 12.3 Å². The Bertz CT molecular complexity index is 475. The van der Waals surface area contributed by atoms with Crippen LogP contribution in [0.3, 0.4) is 0 Å². The average molecular weight is 333 g/mol. The first-order chi connectivity index (χ1) is 10.4. The molecule has 0 bridgehead atoms. The molecule has 2 atom stereocenters. The number of hydrogen-bond donors (Lipinski definition) is 1. The zero-order valence-corrected chi connectivity index (χ0v) is 13.5. The van der Waals surface area contributed by atoms with Gasteiger partial charge < -0.3 is 5.11 Å². The maximum absolute atomic E-state index is 12.4. The van der Waals surface area contributed by atoms with E-state index in [2.05, 4.69) is 11.8 Å². The van der Waals surface area contributed by atoms with Crippen molar-refractivity contribution in [3.8, 4) is 0 Å². The lowest BCUT2D eigenvalue weighted by Gasteiger charge is -2.33. The first-order valence-corrected chi connectivity index (χ1v) is 8.58. The predicted octanol–water partition coefficient (Wildman–Crippen LogP) is 4.25. The zero-order chi connectivity index (χ0) is 16.2. The van der Waals surface area contributed by atoms with Gasteiger partial charge in [-0.15, -0.1) is 11.8 Å². The molecular weight excluding hydrogens is 311 g/mol. The first kappa shape index (κ1) is 17.6. The van der Waals surface area contributed by atoms with Crippen LogP contribution in [0.25, 0.3) is 0 Å². The van der Waals surface area contributed by atoms with Gasteiger partial charge in [0, 0.05) is 16.7 Å². The summed E-state index contributed by atoms with van der Waals surface area (Å²) in [5.74, 6) is -0.368. The van der Waals surface area contributed by atoms with Gasteiger partial charge in [0.2, 0.25) is 0 Å². The third-order valence-corrected chi connectivity index (χ3v) is 5.25. The molecule has 0 saturated carbocycles. The highest BCUT2D eigenvalue weighted by Crippen LogP contribution is 2.34. The summed E-state index contributed by atoms with van der Waals surface area (Å²) in [7, 11) is 0. The second-order valence-electron chi connectivity index (χ2n) is 5.68. The zero-order valence-electron chi connectivity index (χ0n) is 12.6. The Morgan fingerprint density at radius 3 is 2.45 bits per heavy atom. The average Bonchev–Trinajstić information content (AvgIpc) is 2.52. The molecule has 1 fully saturated rings. The monoisotopic (exact) mass is 333 g/mol. The molecule has 0 radical (unpaired) electrons. The molecule has 0 aliphatic carbocycles. The van der Waals surface area contributed by atoms with Crippen LogP contribution in [0.5, 0.6) is 0 Å². The van der Waals surface area contributed by atoms with Crippen molar-refractivity contribution in [3.05, 3.63) is 29.8 Å². The van der Waals surface area contributed by atoms with Crippen molar-refractivity contribution in [3.63, 3.8) is 0 Å². The molecule has 124 valence electrons. The van der Waals surface area contributed by atoms with Crippen LogP contribution in [0.4, 0.5) is 13.2 Å². The van der Waals surface area contributed by atoms with Crippen molar-refractivity contribution in [2.75, 3.05) is 18.8 Å². The molecule has 1 N–H and O–H groups in total. The third kappa shape index (κ3) is 4.64. The lowest BCUT2D eigenvalue weighted by Crippen LogP contribution is -2.32. The van der Waals surface area contributed by atoms with Crippen molar-refractivity contribution >= 4 is 11.8 Å².